The largest absolute Gasteiger partial charge is 0.492 e. The molecule has 0 spiro atoms. The molecule has 0 N–H and O–H groups in total. The molecule has 0 bridgehead atoms. The summed E-state index contributed by atoms with van der Waals surface area (Å²) in [6, 6.07) is 15.5. The van der Waals surface area contributed by atoms with Crippen LogP contribution in [0.4, 0.5) is 5.69 Å². The number of anilines is 1. The molecule has 7 nitrogen and oxygen atoms in total. The summed E-state index contributed by atoms with van der Waals surface area (Å²) in [6.45, 7) is 6.05. The average molecular weight is 449 g/mol. The van der Waals surface area contributed by atoms with Crippen molar-refractivity contribution in [3.05, 3.63) is 54.4 Å². The Hall–Kier alpha value is -3.35. The molecular formula is C26H32N4O3. The second kappa shape index (κ2) is 10.1. The van der Waals surface area contributed by atoms with Crippen molar-refractivity contribution in [3.8, 4) is 5.75 Å². The number of para-hydroxylation sites is 4. The van der Waals surface area contributed by atoms with Crippen LogP contribution >= 0.6 is 0 Å². The van der Waals surface area contributed by atoms with Gasteiger partial charge in [-0.15, -0.1) is 0 Å². The number of rotatable bonds is 9. The molecule has 2 aromatic carbocycles. The summed E-state index contributed by atoms with van der Waals surface area (Å²) >= 11 is 0. The average Bonchev–Trinajstić information content (AvgIpc) is 3.38. The summed E-state index contributed by atoms with van der Waals surface area (Å²) in [5.41, 5.74) is 2.55. The molecule has 7 heteroatoms. The van der Waals surface area contributed by atoms with E-state index in [0.717, 1.165) is 41.9 Å². The molecule has 1 unspecified atom stereocenters. The van der Waals surface area contributed by atoms with E-state index in [1.165, 1.54) is 0 Å². The van der Waals surface area contributed by atoms with Crippen LogP contribution in [-0.2, 0) is 16.1 Å². The highest BCUT2D eigenvalue weighted by molar-refractivity contribution is 5.98. The van der Waals surface area contributed by atoms with Gasteiger partial charge in [-0.3, -0.25) is 9.59 Å². The van der Waals surface area contributed by atoms with Crippen molar-refractivity contribution in [1.82, 2.24) is 14.5 Å². The van der Waals surface area contributed by atoms with Gasteiger partial charge in [-0.25, -0.2) is 4.98 Å². The van der Waals surface area contributed by atoms with Crippen molar-refractivity contribution in [2.24, 2.45) is 0 Å². The summed E-state index contributed by atoms with van der Waals surface area (Å²) in [4.78, 5) is 34.5. The number of imidazole rings is 1. The van der Waals surface area contributed by atoms with E-state index in [1.54, 1.807) is 9.80 Å². The number of carbonyl (C=O) groups is 2. The van der Waals surface area contributed by atoms with Gasteiger partial charge in [0, 0.05) is 32.5 Å². The van der Waals surface area contributed by atoms with E-state index in [1.807, 2.05) is 67.1 Å². The number of likely N-dealkylation sites (N-methyl/N-ethyl adjacent to an activating group) is 1. The molecule has 0 radical (unpaired) electrons. The zero-order chi connectivity index (χ0) is 23.4. The van der Waals surface area contributed by atoms with Crippen LogP contribution in [-0.4, -0.2) is 53.0 Å². The van der Waals surface area contributed by atoms with Crippen molar-refractivity contribution < 1.29 is 14.3 Å². The molecule has 1 aliphatic heterocycles. The predicted molar refractivity (Wildman–Crippen MR) is 130 cm³/mol. The third-order valence-corrected chi connectivity index (χ3v) is 6.20. The van der Waals surface area contributed by atoms with Crippen molar-refractivity contribution in [2.45, 2.75) is 45.6 Å². The van der Waals surface area contributed by atoms with Gasteiger partial charge in [0.05, 0.1) is 23.3 Å². The zero-order valence-corrected chi connectivity index (χ0v) is 19.7. The minimum absolute atomic E-state index is 0.0390. The Bertz CT molecular complexity index is 1140. The topological polar surface area (TPSA) is 67.7 Å². The van der Waals surface area contributed by atoms with Crippen molar-refractivity contribution in [2.75, 3.05) is 31.6 Å². The molecular weight excluding hydrogens is 416 g/mol. The first kappa shape index (κ1) is 22.8. The van der Waals surface area contributed by atoms with Crippen molar-refractivity contribution >= 4 is 28.5 Å². The number of aromatic nitrogens is 2. The van der Waals surface area contributed by atoms with Gasteiger partial charge in [0.2, 0.25) is 11.8 Å². The lowest BCUT2D eigenvalue weighted by atomic mass is 10.1. The number of ether oxygens (including phenoxy) is 1. The van der Waals surface area contributed by atoms with Crippen LogP contribution in [0.3, 0.4) is 0 Å². The minimum atomic E-state index is -0.103. The first-order valence-electron chi connectivity index (χ1n) is 11.7. The number of fused-ring (bicyclic) bond motifs is 1. The number of hydrogen-bond donors (Lipinski definition) is 0. The molecule has 4 rings (SSSR count). The maximum Gasteiger partial charge on any atom is 0.242 e. The quantitative estimate of drug-likeness (QED) is 0.492. The number of hydrogen-bond acceptors (Lipinski definition) is 4. The summed E-state index contributed by atoms with van der Waals surface area (Å²) in [6.07, 6.45) is 2.37. The Morgan fingerprint density at radius 2 is 1.91 bits per heavy atom. The van der Waals surface area contributed by atoms with E-state index >= 15 is 0 Å². The van der Waals surface area contributed by atoms with Gasteiger partial charge in [0.25, 0.3) is 0 Å². The highest BCUT2D eigenvalue weighted by Gasteiger charge is 2.36. The molecule has 1 saturated heterocycles. The molecule has 2 heterocycles. The van der Waals surface area contributed by atoms with Gasteiger partial charge in [0.1, 0.15) is 18.1 Å². The molecule has 0 saturated carbocycles. The Labute approximate surface area is 195 Å². The maximum absolute atomic E-state index is 13.0. The van der Waals surface area contributed by atoms with Crippen LogP contribution in [0.2, 0.25) is 0 Å². The fraction of sp³-hybridized carbons (Fsp3) is 0.423. The fourth-order valence-electron chi connectivity index (χ4n) is 4.42. The normalized spacial score (nSPS) is 15.9. The van der Waals surface area contributed by atoms with Gasteiger partial charge in [-0.2, -0.15) is 0 Å². The molecule has 174 valence electrons. The molecule has 0 aliphatic carbocycles. The standard InChI is InChI=1S/C26H32N4O3/c1-4-6-15-28(3)25(32)18-30-21-12-8-7-11-20(21)27-26(30)19-16-24(31)29(17-19)22-13-9-10-14-23(22)33-5-2/h7-14,19H,4-6,15-18H2,1-3H3. The fourth-order valence-corrected chi connectivity index (χ4v) is 4.42. The maximum atomic E-state index is 13.0. The lowest BCUT2D eigenvalue weighted by molar-refractivity contribution is -0.130. The number of amides is 2. The highest BCUT2D eigenvalue weighted by atomic mass is 16.5. The molecule has 1 atom stereocenters. The Kier molecular flexibility index (Phi) is 6.96. The van der Waals surface area contributed by atoms with E-state index in [-0.39, 0.29) is 24.3 Å². The van der Waals surface area contributed by atoms with E-state index in [0.29, 0.717) is 25.3 Å². The summed E-state index contributed by atoms with van der Waals surface area (Å²) < 4.78 is 7.75. The molecule has 1 aliphatic rings. The highest BCUT2D eigenvalue weighted by Crippen LogP contribution is 2.37. The van der Waals surface area contributed by atoms with E-state index in [4.69, 9.17) is 9.72 Å². The van der Waals surface area contributed by atoms with Gasteiger partial charge < -0.3 is 19.1 Å². The lowest BCUT2D eigenvalue weighted by Gasteiger charge is -2.21. The number of nitrogens with zero attached hydrogens (tertiary/aromatic N) is 4. The monoisotopic (exact) mass is 448 g/mol. The Balaban J connectivity index is 1.64. The van der Waals surface area contributed by atoms with Gasteiger partial charge in [0.15, 0.2) is 0 Å². The minimum Gasteiger partial charge on any atom is -0.492 e. The number of carbonyl (C=O) groups excluding carboxylic acids is 2. The first-order valence-corrected chi connectivity index (χ1v) is 11.7. The zero-order valence-electron chi connectivity index (χ0n) is 19.7. The van der Waals surface area contributed by atoms with Crippen LogP contribution < -0.4 is 9.64 Å². The smallest absolute Gasteiger partial charge is 0.242 e. The first-order chi connectivity index (χ1) is 16.0. The van der Waals surface area contributed by atoms with E-state index < -0.39 is 0 Å². The van der Waals surface area contributed by atoms with Crippen LogP contribution in [0, 0.1) is 0 Å². The SMILES string of the molecule is CCCCN(C)C(=O)Cn1c(C2CC(=O)N(c3ccccc3OCC)C2)nc2ccccc21. The van der Waals surface area contributed by atoms with Crippen LogP contribution in [0.1, 0.15) is 44.9 Å². The lowest BCUT2D eigenvalue weighted by Crippen LogP contribution is -2.32. The van der Waals surface area contributed by atoms with Crippen LogP contribution in [0.25, 0.3) is 11.0 Å². The number of unbranched alkanes of at least 4 members (excludes halogenated alkanes) is 1. The van der Waals surface area contributed by atoms with Crippen LogP contribution in [0.15, 0.2) is 48.5 Å². The second-order valence-corrected chi connectivity index (χ2v) is 8.52. The predicted octanol–water partition coefficient (Wildman–Crippen LogP) is 4.21. The summed E-state index contributed by atoms with van der Waals surface area (Å²) in [7, 11) is 1.85. The second-order valence-electron chi connectivity index (χ2n) is 8.52. The van der Waals surface area contributed by atoms with Gasteiger partial charge in [-0.1, -0.05) is 37.6 Å². The molecule has 2 amide bonds. The third-order valence-electron chi connectivity index (χ3n) is 6.20. The summed E-state index contributed by atoms with van der Waals surface area (Å²) in [5.74, 6) is 1.48. The van der Waals surface area contributed by atoms with E-state index in [9.17, 15) is 9.59 Å². The molecule has 1 aromatic heterocycles. The number of benzene rings is 2. The van der Waals surface area contributed by atoms with Gasteiger partial charge in [-0.05, 0) is 37.6 Å². The van der Waals surface area contributed by atoms with Crippen LogP contribution in [0.5, 0.6) is 5.75 Å². The molecule has 1 fully saturated rings. The summed E-state index contributed by atoms with van der Waals surface area (Å²) in [5, 5.41) is 0. The third kappa shape index (κ3) is 4.72. The molecule has 3 aromatic rings. The van der Waals surface area contributed by atoms with E-state index in [2.05, 4.69) is 6.92 Å². The van der Waals surface area contributed by atoms with Crippen molar-refractivity contribution in [3.63, 3.8) is 0 Å². The Morgan fingerprint density at radius 1 is 1.15 bits per heavy atom. The Morgan fingerprint density at radius 3 is 2.70 bits per heavy atom. The van der Waals surface area contributed by atoms with Gasteiger partial charge >= 0.3 is 0 Å². The van der Waals surface area contributed by atoms with Crippen molar-refractivity contribution in [1.29, 1.82) is 0 Å². The molecule has 33 heavy (non-hydrogen) atoms.